The van der Waals surface area contributed by atoms with Gasteiger partial charge in [0.25, 0.3) is 0 Å². The van der Waals surface area contributed by atoms with Crippen molar-refractivity contribution in [1.82, 2.24) is 0 Å². The van der Waals surface area contributed by atoms with Crippen LogP contribution in [0, 0.1) is 5.82 Å². The predicted molar refractivity (Wildman–Crippen MR) is 54.2 cm³/mol. The number of halogens is 1. The van der Waals surface area contributed by atoms with Crippen molar-refractivity contribution in [1.29, 1.82) is 0 Å². The summed E-state index contributed by atoms with van der Waals surface area (Å²) < 4.78 is 12.9. The van der Waals surface area contributed by atoms with Gasteiger partial charge in [-0.15, -0.1) is 0 Å². The Morgan fingerprint density at radius 1 is 1.36 bits per heavy atom. The zero-order valence-corrected chi connectivity index (χ0v) is 7.91. The van der Waals surface area contributed by atoms with Gasteiger partial charge in [0, 0.05) is 0 Å². The van der Waals surface area contributed by atoms with Crippen molar-refractivity contribution in [3.05, 3.63) is 41.7 Å². The van der Waals surface area contributed by atoms with E-state index in [1.807, 2.05) is 12.1 Å². The summed E-state index contributed by atoms with van der Waals surface area (Å²) in [6, 6.07) is 6.62. The monoisotopic (exact) mass is 192 g/mol. The molecular formula is C12H13FO. The van der Waals surface area contributed by atoms with Crippen molar-refractivity contribution < 1.29 is 9.50 Å². The van der Waals surface area contributed by atoms with Crippen molar-refractivity contribution in [2.24, 2.45) is 0 Å². The second kappa shape index (κ2) is 3.93. The van der Waals surface area contributed by atoms with E-state index in [0.29, 0.717) is 6.42 Å². The van der Waals surface area contributed by atoms with Gasteiger partial charge in [0.15, 0.2) is 0 Å². The van der Waals surface area contributed by atoms with Crippen molar-refractivity contribution in [2.75, 3.05) is 0 Å². The molecule has 1 nitrogen and oxygen atoms in total. The number of benzene rings is 1. The van der Waals surface area contributed by atoms with E-state index in [4.69, 9.17) is 0 Å². The molecule has 0 amide bonds. The third-order valence-electron chi connectivity index (χ3n) is 2.58. The highest BCUT2D eigenvalue weighted by molar-refractivity contribution is 5.66. The molecule has 0 aliphatic heterocycles. The Labute approximate surface area is 82.9 Å². The minimum atomic E-state index is -0.215. The molecule has 1 aromatic carbocycles. The third kappa shape index (κ3) is 2.02. The molecule has 0 saturated heterocycles. The van der Waals surface area contributed by atoms with Gasteiger partial charge in [-0.05, 0) is 42.5 Å². The molecule has 0 spiro atoms. The highest BCUT2D eigenvalue weighted by Gasteiger charge is 2.12. The highest BCUT2D eigenvalue weighted by Crippen LogP contribution is 2.26. The topological polar surface area (TPSA) is 20.2 Å². The SMILES string of the molecule is OC1CC=C(c2cccc(F)c2)CC1. The fourth-order valence-electron chi connectivity index (χ4n) is 1.77. The van der Waals surface area contributed by atoms with Crippen LogP contribution >= 0.6 is 0 Å². The molecule has 2 rings (SSSR count). The van der Waals surface area contributed by atoms with E-state index in [2.05, 4.69) is 0 Å². The third-order valence-corrected chi connectivity index (χ3v) is 2.58. The first-order valence-electron chi connectivity index (χ1n) is 4.89. The van der Waals surface area contributed by atoms with Crippen LogP contribution in [0.25, 0.3) is 5.57 Å². The number of aliphatic hydroxyl groups is 1. The number of hydrogen-bond acceptors (Lipinski definition) is 1. The van der Waals surface area contributed by atoms with Crippen LogP contribution in [-0.4, -0.2) is 11.2 Å². The van der Waals surface area contributed by atoms with Gasteiger partial charge in [0.2, 0.25) is 0 Å². The summed E-state index contributed by atoms with van der Waals surface area (Å²) >= 11 is 0. The van der Waals surface area contributed by atoms with Gasteiger partial charge in [0.1, 0.15) is 5.82 Å². The molecule has 0 fully saturated rings. The van der Waals surface area contributed by atoms with Crippen LogP contribution in [0.5, 0.6) is 0 Å². The van der Waals surface area contributed by atoms with Crippen LogP contribution in [0.3, 0.4) is 0 Å². The molecule has 1 aliphatic rings. The van der Waals surface area contributed by atoms with Crippen LogP contribution in [0.15, 0.2) is 30.3 Å². The molecule has 1 atom stereocenters. The lowest BCUT2D eigenvalue weighted by Crippen LogP contribution is -2.09. The molecule has 1 aromatic rings. The van der Waals surface area contributed by atoms with E-state index in [-0.39, 0.29) is 11.9 Å². The largest absolute Gasteiger partial charge is 0.393 e. The Kier molecular flexibility index (Phi) is 2.64. The Morgan fingerprint density at radius 2 is 2.21 bits per heavy atom. The molecule has 0 aromatic heterocycles. The van der Waals surface area contributed by atoms with Crippen molar-refractivity contribution in [2.45, 2.75) is 25.4 Å². The second-order valence-corrected chi connectivity index (χ2v) is 3.67. The van der Waals surface area contributed by atoms with Gasteiger partial charge < -0.3 is 5.11 Å². The van der Waals surface area contributed by atoms with Gasteiger partial charge in [-0.1, -0.05) is 18.2 Å². The maximum atomic E-state index is 12.9. The lowest BCUT2D eigenvalue weighted by atomic mass is 9.92. The summed E-state index contributed by atoms with van der Waals surface area (Å²) in [7, 11) is 0. The Balaban J connectivity index is 2.23. The quantitative estimate of drug-likeness (QED) is 0.725. The number of aliphatic hydroxyl groups excluding tert-OH is 1. The standard InChI is InChI=1S/C12H13FO/c13-11-3-1-2-10(8-11)9-4-6-12(14)7-5-9/h1-4,8,12,14H,5-7H2. The zero-order chi connectivity index (χ0) is 9.97. The number of hydrogen-bond donors (Lipinski definition) is 1. The lowest BCUT2D eigenvalue weighted by molar-refractivity contribution is 0.166. The van der Waals surface area contributed by atoms with Crippen LogP contribution in [0.2, 0.25) is 0 Å². The van der Waals surface area contributed by atoms with Crippen LogP contribution in [0.1, 0.15) is 24.8 Å². The molecule has 14 heavy (non-hydrogen) atoms. The molecule has 1 aliphatic carbocycles. The fraction of sp³-hybridized carbons (Fsp3) is 0.333. The first-order valence-corrected chi connectivity index (χ1v) is 4.89. The maximum absolute atomic E-state index is 12.9. The van der Waals surface area contributed by atoms with E-state index in [0.717, 1.165) is 24.0 Å². The van der Waals surface area contributed by atoms with Crippen LogP contribution < -0.4 is 0 Å². The smallest absolute Gasteiger partial charge is 0.123 e. The zero-order valence-electron chi connectivity index (χ0n) is 7.91. The molecule has 1 N–H and O–H groups in total. The van der Waals surface area contributed by atoms with Crippen molar-refractivity contribution in [3.8, 4) is 0 Å². The van der Waals surface area contributed by atoms with Crippen molar-refractivity contribution >= 4 is 5.57 Å². The summed E-state index contributed by atoms with van der Waals surface area (Å²) in [6.45, 7) is 0. The Morgan fingerprint density at radius 3 is 2.86 bits per heavy atom. The molecule has 74 valence electrons. The van der Waals surface area contributed by atoms with Crippen LogP contribution in [-0.2, 0) is 0 Å². The maximum Gasteiger partial charge on any atom is 0.123 e. The molecule has 2 heteroatoms. The molecular weight excluding hydrogens is 179 g/mol. The van der Waals surface area contributed by atoms with Gasteiger partial charge in [-0.3, -0.25) is 0 Å². The van der Waals surface area contributed by atoms with E-state index in [9.17, 15) is 9.50 Å². The molecule has 1 unspecified atom stereocenters. The number of allylic oxidation sites excluding steroid dienone is 1. The second-order valence-electron chi connectivity index (χ2n) is 3.67. The van der Waals surface area contributed by atoms with E-state index in [1.54, 1.807) is 12.1 Å². The molecule has 0 heterocycles. The van der Waals surface area contributed by atoms with E-state index >= 15 is 0 Å². The number of rotatable bonds is 1. The fourth-order valence-corrected chi connectivity index (χ4v) is 1.77. The van der Waals surface area contributed by atoms with Gasteiger partial charge >= 0.3 is 0 Å². The van der Waals surface area contributed by atoms with Crippen molar-refractivity contribution in [3.63, 3.8) is 0 Å². The van der Waals surface area contributed by atoms with Crippen LogP contribution in [0.4, 0.5) is 4.39 Å². The first kappa shape index (κ1) is 9.41. The molecule has 0 radical (unpaired) electrons. The van der Waals surface area contributed by atoms with Gasteiger partial charge in [-0.2, -0.15) is 0 Å². The minimum Gasteiger partial charge on any atom is -0.393 e. The molecule has 0 bridgehead atoms. The highest BCUT2D eigenvalue weighted by atomic mass is 19.1. The normalized spacial score (nSPS) is 21.9. The summed E-state index contributed by atoms with van der Waals surface area (Å²) in [5.41, 5.74) is 2.09. The summed E-state index contributed by atoms with van der Waals surface area (Å²) in [5.74, 6) is -0.200. The average Bonchev–Trinajstić information content (AvgIpc) is 2.19. The first-order chi connectivity index (χ1) is 6.75. The van der Waals surface area contributed by atoms with Gasteiger partial charge in [-0.25, -0.2) is 4.39 Å². The molecule has 0 saturated carbocycles. The lowest BCUT2D eigenvalue weighted by Gasteiger charge is -2.17. The van der Waals surface area contributed by atoms with E-state index < -0.39 is 0 Å². The average molecular weight is 192 g/mol. The van der Waals surface area contributed by atoms with Gasteiger partial charge in [0.05, 0.1) is 6.10 Å². The Bertz CT molecular complexity index is 357. The summed E-state index contributed by atoms with van der Waals surface area (Å²) in [5, 5.41) is 9.31. The summed E-state index contributed by atoms with van der Waals surface area (Å²) in [6.07, 6.45) is 4.09. The predicted octanol–water partition coefficient (Wildman–Crippen LogP) is 2.75. The summed E-state index contributed by atoms with van der Waals surface area (Å²) in [4.78, 5) is 0. The minimum absolute atomic E-state index is 0.200. The van der Waals surface area contributed by atoms with E-state index in [1.165, 1.54) is 6.07 Å². The Hall–Kier alpha value is -1.15.